The number of aliphatic hydroxyl groups is 1. The minimum atomic E-state index is -0.239. The number of carbonyl (C=O) groups is 2. The fourth-order valence-electron chi connectivity index (χ4n) is 4.92. The number of halogens is 1. The second-order valence-corrected chi connectivity index (χ2v) is 9.77. The first-order valence-corrected chi connectivity index (χ1v) is 11.6. The summed E-state index contributed by atoms with van der Waals surface area (Å²) in [6, 6.07) is 4.42. The second-order valence-electron chi connectivity index (χ2n) is 8.92. The Kier molecular flexibility index (Phi) is 5.09. The normalized spacial score (nSPS) is 25.2. The van der Waals surface area contributed by atoms with E-state index in [-0.39, 0.29) is 30.5 Å². The number of hydrogen-bond donors (Lipinski definition) is 1. The molecule has 30 heavy (non-hydrogen) atoms. The molecule has 1 saturated heterocycles. The van der Waals surface area contributed by atoms with Crippen LogP contribution in [0, 0.1) is 0 Å². The highest BCUT2D eigenvalue weighted by molar-refractivity contribution is 9.10. The van der Waals surface area contributed by atoms with Gasteiger partial charge in [0, 0.05) is 30.7 Å². The smallest absolute Gasteiger partial charge is 0.290 e. The van der Waals surface area contributed by atoms with Crippen LogP contribution in [-0.4, -0.2) is 68.1 Å². The van der Waals surface area contributed by atoms with E-state index in [0.717, 1.165) is 41.2 Å². The summed E-state index contributed by atoms with van der Waals surface area (Å²) in [6.45, 7) is 1.15. The molecule has 2 aromatic rings. The quantitative estimate of drug-likeness (QED) is 0.741. The van der Waals surface area contributed by atoms with Crippen LogP contribution in [0.15, 0.2) is 16.6 Å². The largest absolute Gasteiger partial charge is 0.393 e. The van der Waals surface area contributed by atoms with Gasteiger partial charge in [-0.25, -0.2) is 4.98 Å². The average molecular weight is 475 g/mol. The maximum absolute atomic E-state index is 13.2. The van der Waals surface area contributed by atoms with Crippen molar-refractivity contribution in [1.82, 2.24) is 19.4 Å². The molecule has 1 N–H and O–H groups in total. The highest BCUT2D eigenvalue weighted by Crippen LogP contribution is 2.42. The number of aromatic nitrogens is 2. The maximum Gasteiger partial charge on any atom is 0.290 e. The fourth-order valence-corrected chi connectivity index (χ4v) is 5.65. The first kappa shape index (κ1) is 20.0. The zero-order valence-electron chi connectivity index (χ0n) is 17.2. The van der Waals surface area contributed by atoms with Crippen molar-refractivity contribution in [2.24, 2.45) is 7.05 Å². The predicted octanol–water partition coefficient (Wildman–Crippen LogP) is 2.80. The summed E-state index contributed by atoms with van der Waals surface area (Å²) < 4.78 is 2.79. The number of fused-ring (bicyclic) bond motifs is 1. The number of hydrogen-bond acceptors (Lipinski definition) is 4. The fraction of sp³-hybridized carbons (Fsp3) is 0.591. The Morgan fingerprint density at radius 3 is 2.53 bits per heavy atom. The average Bonchev–Trinajstić information content (AvgIpc) is 3.52. The molecule has 3 fully saturated rings. The lowest BCUT2D eigenvalue weighted by atomic mass is 9.91. The van der Waals surface area contributed by atoms with Gasteiger partial charge in [-0.05, 0) is 78.1 Å². The van der Waals surface area contributed by atoms with Crippen LogP contribution in [0.5, 0.6) is 0 Å². The van der Waals surface area contributed by atoms with E-state index in [1.54, 1.807) is 4.90 Å². The summed E-state index contributed by atoms with van der Waals surface area (Å²) in [6.07, 6.45) is 5.35. The number of benzene rings is 1. The Balaban J connectivity index is 1.34. The number of nitrogens with zero attached hydrogens (tertiary/aromatic N) is 4. The SMILES string of the molecule is Cn1c(C(=O)N2CCN(C3CCC(O)CC3)C(=O)C2)nc2cc(C3CC3)cc(Br)c21. The molecule has 7 nitrogen and oxygen atoms in total. The van der Waals surface area contributed by atoms with Gasteiger partial charge >= 0.3 is 0 Å². The van der Waals surface area contributed by atoms with Crippen molar-refractivity contribution in [3.8, 4) is 0 Å². The lowest BCUT2D eigenvalue weighted by Crippen LogP contribution is -2.56. The van der Waals surface area contributed by atoms with Gasteiger partial charge < -0.3 is 19.5 Å². The van der Waals surface area contributed by atoms with Gasteiger partial charge in [-0.15, -0.1) is 0 Å². The van der Waals surface area contributed by atoms with E-state index in [1.807, 2.05) is 16.5 Å². The Labute approximate surface area is 184 Å². The highest BCUT2D eigenvalue weighted by atomic mass is 79.9. The van der Waals surface area contributed by atoms with E-state index in [9.17, 15) is 14.7 Å². The highest BCUT2D eigenvalue weighted by Gasteiger charge is 2.35. The summed E-state index contributed by atoms with van der Waals surface area (Å²) in [4.78, 5) is 34.2. The Morgan fingerprint density at radius 2 is 1.87 bits per heavy atom. The first-order chi connectivity index (χ1) is 14.4. The minimum absolute atomic E-state index is 0.00745. The Morgan fingerprint density at radius 1 is 1.13 bits per heavy atom. The van der Waals surface area contributed by atoms with Crippen LogP contribution >= 0.6 is 15.9 Å². The van der Waals surface area contributed by atoms with Crippen LogP contribution in [0.4, 0.5) is 0 Å². The molecule has 1 aromatic carbocycles. The molecular weight excluding hydrogens is 448 g/mol. The molecule has 2 aliphatic carbocycles. The summed E-state index contributed by atoms with van der Waals surface area (Å²) in [7, 11) is 1.86. The van der Waals surface area contributed by atoms with Crippen LogP contribution in [0.3, 0.4) is 0 Å². The van der Waals surface area contributed by atoms with Gasteiger partial charge in [-0.2, -0.15) is 0 Å². The van der Waals surface area contributed by atoms with Crippen LogP contribution in [0.1, 0.15) is 60.6 Å². The molecular formula is C22H27BrN4O3. The number of imidazole rings is 1. The van der Waals surface area contributed by atoms with Gasteiger partial charge in [0.25, 0.3) is 5.91 Å². The molecule has 2 saturated carbocycles. The van der Waals surface area contributed by atoms with E-state index < -0.39 is 0 Å². The van der Waals surface area contributed by atoms with Gasteiger partial charge in [0.2, 0.25) is 5.91 Å². The molecule has 5 rings (SSSR count). The van der Waals surface area contributed by atoms with Crippen molar-refractivity contribution in [1.29, 1.82) is 0 Å². The molecule has 1 aromatic heterocycles. The zero-order chi connectivity index (χ0) is 21.0. The van der Waals surface area contributed by atoms with Crippen molar-refractivity contribution in [3.63, 3.8) is 0 Å². The number of aryl methyl sites for hydroxylation is 1. The van der Waals surface area contributed by atoms with Crippen molar-refractivity contribution in [3.05, 3.63) is 28.0 Å². The predicted molar refractivity (Wildman–Crippen MR) is 116 cm³/mol. The second kappa shape index (κ2) is 7.64. The molecule has 160 valence electrons. The van der Waals surface area contributed by atoms with Crippen molar-refractivity contribution in [2.45, 2.75) is 56.6 Å². The third-order valence-corrected chi connectivity index (χ3v) is 7.44. The number of piperazine rings is 1. The van der Waals surface area contributed by atoms with Crippen LogP contribution in [-0.2, 0) is 11.8 Å². The summed E-state index contributed by atoms with van der Waals surface area (Å²) in [5.74, 6) is 0.784. The summed E-state index contributed by atoms with van der Waals surface area (Å²) in [5.41, 5.74) is 3.00. The Bertz CT molecular complexity index is 1010. The maximum atomic E-state index is 13.2. The zero-order valence-corrected chi connectivity index (χ0v) is 18.8. The lowest BCUT2D eigenvalue weighted by Gasteiger charge is -2.41. The van der Waals surface area contributed by atoms with Crippen molar-refractivity contribution < 1.29 is 14.7 Å². The third-order valence-electron chi connectivity index (χ3n) is 6.84. The van der Waals surface area contributed by atoms with Gasteiger partial charge in [-0.1, -0.05) is 0 Å². The molecule has 8 heteroatoms. The minimum Gasteiger partial charge on any atom is -0.393 e. The molecule has 2 heterocycles. The van der Waals surface area contributed by atoms with Gasteiger partial charge in [0.1, 0.15) is 6.54 Å². The van der Waals surface area contributed by atoms with E-state index >= 15 is 0 Å². The van der Waals surface area contributed by atoms with E-state index in [1.165, 1.54) is 18.4 Å². The van der Waals surface area contributed by atoms with Gasteiger partial charge in [0.15, 0.2) is 5.82 Å². The van der Waals surface area contributed by atoms with E-state index in [4.69, 9.17) is 0 Å². The molecule has 2 amide bonds. The van der Waals surface area contributed by atoms with E-state index in [2.05, 4.69) is 33.0 Å². The standard InChI is InChI=1S/C22H27BrN4O3/c1-25-20-17(23)10-14(13-2-3-13)11-18(20)24-21(25)22(30)26-8-9-27(19(29)12-26)15-4-6-16(28)7-5-15/h10-11,13,15-16,28H,2-9,12H2,1H3. The van der Waals surface area contributed by atoms with Crippen LogP contribution < -0.4 is 0 Å². The van der Waals surface area contributed by atoms with Crippen molar-refractivity contribution in [2.75, 3.05) is 19.6 Å². The Hall–Kier alpha value is -1.93. The van der Waals surface area contributed by atoms with E-state index in [0.29, 0.717) is 24.8 Å². The summed E-state index contributed by atoms with van der Waals surface area (Å²) >= 11 is 3.65. The van der Waals surface area contributed by atoms with Gasteiger partial charge in [0.05, 0.1) is 17.1 Å². The molecule has 0 bridgehead atoms. The number of amides is 2. The summed E-state index contributed by atoms with van der Waals surface area (Å²) in [5, 5.41) is 9.72. The molecule has 0 spiro atoms. The monoisotopic (exact) mass is 474 g/mol. The molecule has 3 aliphatic rings. The van der Waals surface area contributed by atoms with Crippen molar-refractivity contribution >= 4 is 38.8 Å². The molecule has 1 aliphatic heterocycles. The lowest BCUT2D eigenvalue weighted by molar-refractivity contribution is -0.138. The first-order valence-electron chi connectivity index (χ1n) is 10.8. The van der Waals surface area contributed by atoms with Crippen LogP contribution in [0.2, 0.25) is 0 Å². The number of carbonyl (C=O) groups excluding carboxylic acids is 2. The molecule has 0 unspecified atom stereocenters. The number of rotatable bonds is 3. The van der Waals surface area contributed by atoms with Gasteiger partial charge in [-0.3, -0.25) is 9.59 Å². The number of aliphatic hydroxyl groups excluding tert-OH is 1. The molecule has 0 atom stereocenters. The third kappa shape index (κ3) is 3.54. The molecule has 0 radical (unpaired) electrons. The topological polar surface area (TPSA) is 78.7 Å². The van der Waals surface area contributed by atoms with Crippen LogP contribution in [0.25, 0.3) is 11.0 Å².